The SMILES string of the molecule is O=C1c2oc3ccc(Br)cc3c(=O)c2C(c2ccccc2F)N1CC1CCCO1. The molecule has 2 atom stereocenters. The highest BCUT2D eigenvalue weighted by Gasteiger charge is 2.44. The number of nitrogens with zero attached hydrogens (tertiary/aromatic N) is 1. The Morgan fingerprint density at radius 1 is 1.17 bits per heavy atom. The highest BCUT2D eigenvalue weighted by Crippen LogP contribution is 2.39. The van der Waals surface area contributed by atoms with Crippen LogP contribution in [0.15, 0.2) is 56.1 Å². The molecule has 0 saturated carbocycles. The number of benzene rings is 2. The summed E-state index contributed by atoms with van der Waals surface area (Å²) in [5.41, 5.74) is 0.471. The van der Waals surface area contributed by atoms with E-state index in [1.807, 2.05) is 0 Å². The zero-order valence-corrected chi connectivity index (χ0v) is 16.9. The number of carbonyl (C=O) groups excluding carboxylic acids is 1. The fourth-order valence-corrected chi connectivity index (χ4v) is 4.57. The maximum absolute atomic E-state index is 14.7. The number of hydrogen-bond acceptors (Lipinski definition) is 4. The van der Waals surface area contributed by atoms with E-state index in [1.165, 1.54) is 11.0 Å². The number of halogens is 2. The van der Waals surface area contributed by atoms with Crippen molar-refractivity contribution in [1.82, 2.24) is 4.90 Å². The molecular formula is C22H17BrFNO4. The molecular weight excluding hydrogens is 441 g/mol. The lowest BCUT2D eigenvalue weighted by molar-refractivity contribution is 0.0483. The second-order valence-electron chi connectivity index (χ2n) is 7.33. The fraction of sp³-hybridized carbons (Fsp3) is 0.273. The Balaban J connectivity index is 1.74. The maximum atomic E-state index is 14.7. The molecule has 3 heterocycles. The molecule has 1 aromatic heterocycles. The van der Waals surface area contributed by atoms with Gasteiger partial charge in [-0.1, -0.05) is 34.1 Å². The van der Waals surface area contributed by atoms with E-state index in [-0.39, 0.29) is 35.0 Å². The number of carbonyl (C=O) groups is 1. The van der Waals surface area contributed by atoms with Gasteiger partial charge in [-0.25, -0.2) is 4.39 Å². The van der Waals surface area contributed by atoms with Crippen LogP contribution in [0.3, 0.4) is 0 Å². The maximum Gasteiger partial charge on any atom is 0.291 e. The Bertz CT molecular complexity index is 1190. The fourth-order valence-electron chi connectivity index (χ4n) is 4.21. The van der Waals surface area contributed by atoms with Crippen LogP contribution in [0, 0.1) is 5.82 Å². The molecule has 3 aromatic rings. The topological polar surface area (TPSA) is 59.8 Å². The van der Waals surface area contributed by atoms with Gasteiger partial charge in [0.1, 0.15) is 11.4 Å². The van der Waals surface area contributed by atoms with Gasteiger partial charge in [0, 0.05) is 23.2 Å². The Morgan fingerprint density at radius 3 is 2.76 bits per heavy atom. The van der Waals surface area contributed by atoms with Gasteiger partial charge in [0.15, 0.2) is 5.43 Å². The van der Waals surface area contributed by atoms with Crippen LogP contribution in [0.5, 0.6) is 0 Å². The number of amides is 1. The summed E-state index contributed by atoms with van der Waals surface area (Å²) in [5, 5.41) is 0.353. The summed E-state index contributed by atoms with van der Waals surface area (Å²) in [6.45, 7) is 0.917. The van der Waals surface area contributed by atoms with Crippen molar-refractivity contribution in [3.05, 3.63) is 79.9 Å². The molecule has 5 nitrogen and oxygen atoms in total. The van der Waals surface area contributed by atoms with Crippen LogP contribution in [-0.2, 0) is 4.74 Å². The Labute approximate surface area is 174 Å². The van der Waals surface area contributed by atoms with E-state index in [0.29, 0.717) is 17.6 Å². The van der Waals surface area contributed by atoms with Gasteiger partial charge in [-0.3, -0.25) is 9.59 Å². The first kappa shape index (κ1) is 18.5. The predicted molar refractivity (Wildman–Crippen MR) is 108 cm³/mol. The van der Waals surface area contributed by atoms with Crippen molar-refractivity contribution in [3.8, 4) is 0 Å². The molecule has 29 heavy (non-hydrogen) atoms. The van der Waals surface area contributed by atoms with Gasteiger partial charge in [0.05, 0.1) is 23.1 Å². The standard InChI is InChI=1S/C22H17BrFNO4/c23-12-7-8-17-15(10-12)20(26)18-19(14-5-1-2-6-16(14)24)25(22(27)21(18)29-17)11-13-4-3-9-28-13/h1-2,5-8,10,13,19H,3-4,9,11H2. The Morgan fingerprint density at radius 2 is 2.00 bits per heavy atom. The molecule has 1 fully saturated rings. The average molecular weight is 458 g/mol. The van der Waals surface area contributed by atoms with Crippen LogP contribution < -0.4 is 5.43 Å². The first-order valence-electron chi connectivity index (χ1n) is 9.48. The Kier molecular flexibility index (Phi) is 4.52. The van der Waals surface area contributed by atoms with E-state index in [9.17, 15) is 14.0 Å². The third-order valence-corrected chi connectivity index (χ3v) is 6.05. The van der Waals surface area contributed by atoms with Crippen LogP contribution in [-0.4, -0.2) is 30.1 Å². The molecule has 0 radical (unpaired) electrons. The molecule has 0 N–H and O–H groups in total. The summed E-state index contributed by atoms with van der Waals surface area (Å²) < 4.78 is 27.0. The van der Waals surface area contributed by atoms with Gasteiger partial charge >= 0.3 is 0 Å². The molecule has 2 unspecified atom stereocenters. The van der Waals surface area contributed by atoms with Crippen molar-refractivity contribution < 1.29 is 18.3 Å². The lowest BCUT2D eigenvalue weighted by atomic mass is 9.98. The van der Waals surface area contributed by atoms with Crippen LogP contribution in [0.1, 0.15) is 40.6 Å². The minimum Gasteiger partial charge on any atom is -0.450 e. The molecule has 7 heteroatoms. The van der Waals surface area contributed by atoms with Gasteiger partial charge in [-0.05, 0) is 37.1 Å². The predicted octanol–water partition coefficient (Wildman–Crippen LogP) is 4.42. The van der Waals surface area contributed by atoms with Crippen molar-refractivity contribution in [2.24, 2.45) is 0 Å². The molecule has 2 aliphatic heterocycles. The molecule has 2 aromatic carbocycles. The van der Waals surface area contributed by atoms with Crippen LogP contribution >= 0.6 is 15.9 Å². The summed E-state index contributed by atoms with van der Waals surface area (Å²) in [6, 6.07) is 10.4. The molecule has 1 saturated heterocycles. The van der Waals surface area contributed by atoms with Gasteiger partial charge < -0.3 is 14.1 Å². The average Bonchev–Trinajstić information content (AvgIpc) is 3.31. The zero-order chi connectivity index (χ0) is 20.1. The molecule has 1 amide bonds. The number of fused-ring (bicyclic) bond motifs is 2. The van der Waals surface area contributed by atoms with Gasteiger partial charge in [-0.15, -0.1) is 0 Å². The van der Waals surface area contributed by atoms with Gasteiger partial charge in [0.2, 0.25) is 5.76 Å². The van der Waals surface area contributed by atoms with E-state index in [0.717, 1.165) is 17.3 Å². The molecule has 2 aliphatic rings. The smallest absolute Gasteiger partial charge is 0.291 e. The van der Waals surface area contributed by atoms with Crippen LogP contribution in [0.25, 0.3) is 11.0 Å². The number of ether oxygens (including phenoxy) is 1. The Hall–Kier alpha value is -2.51. The van der Waals surface area contributed by atoms with Crippen molar-refractivity contribution >= 4 is 32.8 Å². The van der Waals surface area contributed by atoms with Crippen molar-refractivity contribution in [1.29, 1.82) is 0 Å². The van der Waals surface area contributed by atoms with Crippen molar-refractivity contribution in [2.75, 3.05) is 13.2 Å². The second-order valence-corrected chi connectivity index (χ2v) is 8.25. The summed E-state index contributed by atoms with van der Waals surface area (Å²) >= 11 is 3.37. The monoisotopic (exact) mass is 457 g/mol. The highest BCUT2D eigenvalue weighted by molar-refractivity contribution is 9.10. The van der Waals surface area contributed by atoms with Crippen LogP contribution in [0.2, 0.25) is 0 Å². The largest absolute Gasteiger partial charge is 0.450 e. The quantitative estimate of drug-likeness (QED) is 0.583. The van der Waals surface area contributed by atoms with E-state index >= 15 is 0 Å². The molecule has 0 bridgehead atoms. The number of rotatable bonds is 3. The summed E-state index contributed by atoms with van der Waals surface area (Å²) in [7, 11) is 0. The second kappa shape index (κ2) is 7.07. The lowest BCUT2D eigenvalue weighted by Gasteiger charge is -2.27. The van der Waals surface area contributed by atoms with Crippen molar-refractivity contribution in [3.63, 3.8) is 0 Å². The van der Waals surface area contributed by atoms with Crippen molar-refractivity contribution in [2.45, 2.75) is 25.0 Å². The number of hydrogen-bond donors (Lipinski definition) is 0. The molecule has 5 rings (SSSR count). The first-order chi connectivity index (χ1) is 14.0. The highest BCUT2D eigenvalue weighted by atomic mass is 79.9. The lowest BCUT2D eigenvalue weighted by Crippen LogP contribution is -2.36. The normalized spacial score (nSPS) is 21.2. The summed E-state index contributed by atoms with van der Waals surface area (Å²) in [6.07, 6.45) is 1.60. The molecule has 0 spiro atoms. The zero-order valence-electron chi connectivity index (χ0n) is 15.4. The van der Waals surface area contributed by atoms with Gasteiger partial charge in [0.25, 0.3) is 5.91 Å². The van der Waals surface area contributed by atoms with E-state index in [2.05, 4.69) is 15.9 Å². The summed E-state index contributed by atoms with van der Waals surface area (Å²) in [5.74, 6) is -0.897. The summed E-state index contributed by atoms with van der Waals surface area (Å²) in [4.78, 5) is 28.1. The first-order valence-corrected chi connectivity index (χ1v) is 10.3. The van der Waals surface area contributed by atoms with E-state index < -0.39 is 17.8 Å². The minimum absolute atomic E-state index is 0.0175. The van der Waals surface area contributed by atoms with E-state index in [1.54, 1.807) is 36.4 Å². The van der Waals surface area contributed by atoms with E-state index in [4.69, 9.17) is 9.15 Å². The molecule has 0 aliphatic carbocycles. The van der Waals surface area contributed by atoms with Gasteiger partial charge in [-0.2, -0.15) is 0 Å². The minimum atomic E-state index is -0.845. The van der Waals surface area contributed by atoms with Crippen LogP contribution in [0.4, 0.5) is 4.39 Å². The third-order valence-electron chi connectivity index (χ3n) is 5.55. The molecule has 148 valence electrons. The third kappa shape index (κ3) is 3.00.